The van der Waals surface area contributed by atoms with Gasteiger partial charge in [-0.2, -0.15) is 0 Å². The van der Waals surface area contributed by atoms with Crippen LogP contribution < -0.4 is 10.5 Å². The normalized spacial score (nSPS) is 10.5. The largest absolute Gasteiger partial charge is 0.483 e. The van der Waals surface area contributed by atoms with Gasteiger partial charge in [0.2, 0.25) is 0 Å². The van der Waals surface area contributed by atoms with E-state index in [0.717, 1.165) is 19.4 Å². The molecule has 0 unspecified atom stereocenters. The van der Waals surface area contributed by atoms with Crippen molar-refractivity contribution in [3.8, 4) is 5.75 Å². The van der Waals surface area contributed by atoms with Gasteiger partial charge in [0.15, 0.2) is 5.82 Å². The fraction of sp³-hybridized carbons (Fsp3) is 0.417. The molecule has 0 saturated heterocycles. The van der Waals surface area contributed by atoms with Crippen LogP contribution in [0, 0.1) is 0 Å². The van der Waals surface area contributed by atoms with E-state index < -0.39 is 0 Å². The second-order valence-electron chi connectivity index (χ2n) is 4.00. The maximum Gasteiger partial charge on any atom is 0.189 e. The molecule has 0 radical (unpaired) electrons. The Morgan fingerprint density at radius 2 is 2.17 bits per heavy atom. The van der Waals surface area contributed by atoms with E-state index in [9.17, 15) is 0 Å². The molecular formula is C12H17N5O. The molecule has 0 atom stereocenters. The average molecular weight is 247 g/mol. The summed E-state index contributed by atoms with van der Waals surface area (Å²) in [6.45, 7) is 3.27. The number of aryl methyl sites for hydroxylation is 1. The average Bonchev–Trinajstić information content (AvgIpc) is 2.83. The van der Waals surface area contributed by atoms with Gasteiger partial charge < -0.3 is 10.5 Å². The van der Waals surface area contributed by atoms with E-state index >= 15 is 0 Å². The highest BCUT2D eigenvalue weighted by Crippen LogP contribution is 2.20. The molecule has 0 fully saturated rings. The number of unbranched alkanes of at least 4 members (excludes halogenated alkanes) is 1. The number of nitrogen functional groups attached to an aromatic ring is 1. The van der Waals surface area contributed by atoms with Crippen LogP contribution in [-0.2, 0) is 13.2 Å². The second kappa shape index (κ2) is 6.00. The summed E-state index contributed by atoms with van der Waals surface area (Å²) >= 11 is 0. The van der Waals surface area contributed by atoms with Crippen LogP contribution in [0.2, 0.25) is 0 Å². The molecule has 0 saturated carbocycles. The van der Waals surface area contributed by atoms with E-state index in [4.69, 9.17) is 10.5 Å². The number of para-hydroxylation sites is 2. The van der Waals surface area contributed by atoms with Crippen molar-refractivity contribution >= 4 is 5.69 Å². The zero-order chi connectivity index (χ0) is 12.8. The van der Waals surface area contributed by atoms with Gasteiger partial charge in [0, 0.05) is 6.54 Å². The van der Waals surface area contributed by atoms with Crippen molar-refractivity contribution < 1.29 is 4.74 Å². The van der Waals surface area contributed by atoms with Crippen molar-refractivity contribution in [3.63, 3.8) is 0 Å². The SMILES string of the molecule is CCCCn1nnnc1COc1ccccc1N. The Labute approximate surface area is 106 Å². The molecule has 0 aliphatic heterocycles. The van der Waals surface area contributed by atoms with Crippen LogP contribution in [0.15, 0.2) is 24.3 Å². The van der Waals surface area contributed by atoms with Crippen LogP contribution in [0.1, 0.15) is 25.6 Å². The van der Waals surface area contributed by atoms with Crippen LogP contribution in [-0.4, -0.2) is 20.2 Å². The molecule has 1 aromatic carbocycles. The number of benzene rings is 1. The van der Waals surface area contributed by atoms with Gasteiger partial charge in [-0.05, 0) is 29.0 Å². The van der Waals surface area contributed by atoms with Gasteiger partial charge in [-0.15, -0.1) is 5.10 Å². The number of nitrogens with two attached hydrogens (primary N) is 1. The standard InChI is InChI=1S/C12H17N5O/c1-2-3-8-17-12(14-15-16-17)9-18-11-7-5-4-6-10(11)13/h4-7H,2-3,8-9,13H2,1H3. The lowest BCUT2D eigenvalue weighted by Crippen LogP contribution is -2.09. The molecule has 1 aromatic heterocycles. The number of anilines is 1. The maximum absolute atomic E-state index is 5.79. The van der Waals surface area contributed by atoms with Crippen LogP contribution >= 0.6 is 0 Å². The van der Waals surface area contributed by atoms with Crippen molar-refractivity contribution in [2.75, 3.05) is 5.73 Å². The Balaban J connectivity index is 1.98. The van der Waals surface area contributed by atoms with Crippen molar-refractivity contribution in [2.24, 2.45) is 0 Å². The Morgan fingerprint density at radius 3 is 2.94 bits per heavy atom. The first-order chi connectivity index (χ1) is 8.81. The van der Waals surface area contributed by atoms with Gasteiger partial charge in [0.25, 0.3) is 0 Å². The lowest BCUT2D eigenvalue weighted by molar-refractivity contribution is 0.287. The summed E-state index contributed by atoms with van der Waals surface area (Å²) in [4.78, 5) is 0. The van der Waals surface area contributed by atoms with Crippen LogP contribution in [0.4, 0.5) is 5.69 Å². The van der Waals surface area contributed by atoms with E-state index in [2.05, 4.69) is 22.4 Å². The fourth-order valence-corrected chi connectivity index (χ4v) is 1.56. The number of ether oxygens (including phenoxy) is 1. The van der Waals surface area contributed by atoms with Gasteiger partial charge in [0.05, 0.1) is 5.69 Å². The third-order valence-electron chi connectivity index (χ3n) is 2.61. The van der Waals surface area contributed by atoms with Crippen molar-refractivity contribution in [1.82, 2.24) is 20.2 Å². The number of rotatable bonds is 6. The summed E-state index contributed by atoms with van der Waals surface area (Å²) < 4.78 is 7.38. The molecule has 0 aliphatic rings. The number of tetrazole rings is 1. The third-order valence-corrected chi connectivity index (χ3v) is 2.61. The third kappa shape index (κ3) is 2.97. The summed E-state index contributed by atoms with van der Waals surface area (Å²) in [5.74, 6) is 1.37. The smallest absolute Gasteiger partial charge is 0.189 e. The summed E-state index contributed by atoms with van der Waals surface area (Å²) in [6.07, 6.45) is 2.15. The molecule has 2 aromatic rings. The lowest BCUT2D eigenvalue weighted by atomic mass is 10.3. The van der Waals surface area contributed by atoms with E-state index in [0.29, 0.717) is 23.9 Å². The monoisotopic (exact) mass is 247 g/mol. The number of hydrogen-bond donors (Lipinski definition) is 1. The molecule has 6 heteroatoms. The first-order valence-corrected chi connectivity index (χ1v) is 6.03. The minimum atomic E-state index is 0.324. The summed E-state index contributed by atoms with van der Waals surface area (Å²) in [5.41, 5.74) is 6.41. The topological polar surface area (TPSA) is 78.8 Å². The molecule has 0 bridgehead atoms. The maximum atomic E-state index is 5.79. The number of nitrogens with zero attached hydrogens (tertiary/aromatic N) is 4. The zero-order valence-electron chi connectivity index (χ0n) is 10.4. The van der Waals surface area contributed by atoms with Gasteiger partial charge >= 0.3 is 0 Å². The molecule has 6 nitrogen and oxygen atoms in total. The van der Waals surface area contributed by atoms with Crippen LogP contribution in [0.5, 0.6) is 5.75 Å². The Morgan fingerprint density at radius 1 is 1.33 bits per heavy atom. The van der Waals surface area contributed by atoms with E-state index in [1.165, 1.54) is 0 Å². The quantitative estimate of drug-likeness (QED) is 0.785. The van der Waals surface area contributed by atoms with Crippen LogP contribution in [0.3, 0.4) is 0 Å². The Bertz CT molecular complexity index is 497. The fourth-order valence-electron chi connectivity index (χ4n) is 1.56. The predicted molar refractivity (Wildman–Crippen MR) is 67.9 cm³/mol. The van der Waals surface area contributed by atoms with E-state index in [-0.39, 0.29) is 0 Å². The highest BCUT2D eigenvalue weighted by molar-refractivity contribution is 5.51. The molecular weight excluding hydrogens is 230 g/mol. The Kier molecular flexibility index (Phi) is 4.11. The number of aromatic nitrogens is 4. The van der Waals surface area contributed by atoms with Crippen molar-refractivity contribution in [1.29, 1.82) is 0 Å². The molecule has 0 amide bonds. The number of hydrogen-bond acceptors (Lipinski definition) is 5. The highest BCUT2D eigenvalue weighted by atomic mass is 16.5. The molecule has 96 valence electrons. The first kappa shape index (κ1) is 12.3. The predicted octanol–water partition coefficient (Wildman–Crippen LogP) is 1.63. The second-order valence-corrected chi connectivity index (χ2v) is 4.00. The molecule has 18 heavy (non-hydrogen) atoms. The van der Waals surface area contributed by atoms with Crippen molar-refractivity contribution in [3.05, 3.63) is 30.1 Å². The zero-order valence-corrected chi connectivity index (χ0v) is 10.4. The molecule has 0 spiro atoms. The van der Waals surface area contributed by atoms with E-state index in [1.54, 1.807) is 10.7 Å². The Hall–Kier alpha value is -2.11. The summed E-state index contributed by atoms with van der Waals surface area (Å²) in [6, 6.07) is 7.38. The molecule has 2 rings (SSSR count). The summed E-state index contributed by atoms with van der Waals surface area (Å²) in [7, 11) is 0. The highest BCUT2D eigenvalue weighted by Gasteiger charge is 2.07. The van der Waals surface area contributed by atoms with Crippen LogP contribution in [0.25, 0.3) is 0 Å². The minimum Gasteiger partial charge on any atom is -0.483 e. The molecule has 1 heterocycles. The molecule has 0 aliphatic carbocycles. The van der Waals surface area contributed by atoms with Gasteiger partial charge in [-0.1, -0.05) is 25.5 Å². The van der Waals surface area contributed by atoms with Gasteiger partial charge in [-0.3, -0.25) is 0 Å². The lowest BCUT2D eigenvalue weighted by Gasteiger charge is -2.08. The minimum absolute atomic E-state index is 0.324. The van der Waals surface area contributed by atoms with Gasteiger partial charge in [-0.25, -0.2) is 4.68 Å². The first-order valence-electron chi connectivity index (χ1n) is 6.03. The molecule has 2 N–H and O–H groups in total. The van der Waals surface area contributed by atoms with E-state index in [1.807, 2.05) is 18.2 Å². The van der Waals surface area contributed by atoms with Gasteiger partial charge in [0.1, 0.15) is 12.4 Å². The van der Waals surface area contributed by atoms with Crippen molar-refractivity contribution in [2.45, 2.75) is 32.9 Å². The summed E-state index contributed by atoms with van der Waals surface area (Å²) in [5, 5.41) is 11.5.